The third-order valence-electron chi connectivity index (χ3n) is 3.74. The van der Waals surface area contributed by atoms with E-state index >= 15 is 0 Å². The molecule has 0 amide bonds. The highest BCUT2D eigenvalue weighted by Crippen LogP contribution is 2.24. The SMILES string of the molecule is CCCCCCCNC1CCCC(C(=O)O)C1. The molecular formula is C14H27NO2. The Hall–Kier alpha value is -0.570. The average Bonchev–Trinajstić information content (AvgIpc) is 2.34. The fourth-order valence-corrected chi connectivity index (χ4v) is 2.63. The van der Waals surface area contributed by atoms with Crippen LogP contribution in [0.25, 0.3) is 0 Å². The van der Waals surface area contributed by atoms with E-state index in [2.05, 4.69) is 12.2 Å². The zero-order chi connectivity index (χ0) is 12.5. The summed E-state index contributed by atoms with van der Waals surface area (Å²) in [4.78, 5) is 10.9. The summed E-state index contributed by atoms with van der Waals surface area (Å²) >= 11 is 0. The first-order chi connectivity index (χ1) is 8.24. The Morgan fingerprint density at radius 1 is 1.24 bits per heavy atom. The van der Waals surface area contributed by atoms with Crippen molar-refractivity contribution in [3.8, 4) is 0 Å². The van der Waals surface area contributed by atoms with Gasteiger partial charge in [-0.3, -0.25) is 4.79 Å². The van der Waals surface area contributed by atoms with Crippen LogP contribution in [0.4, 0.5) is 0 Å². The molecule has 1 aliphatic rings. The van der Waals surface area contributed by atoms with Gasteiger partial charge in [-0.15, -0.1) is 0 Å². The molecule has 2 atom stereocenters. The van der Waals surface area contributed by atoms with Crippen molar-refractivity contribution in [3.05, 3.63) is 0 Å². The first-order valence-corrected chi connectivity index (χ1v) is 7.20. The quantitative estimate of drug-likeness (QED) is 0.642. The van der Waals surface area contributed by atoms with Crippen LogP contribution in [0.15, 0.2) is 0 Å². The molecule has 2 N–H and O–H groups in total. The molecule has 0 saturated heterocycles. The van der Waals surface area contributed by atoms with Crippen molar-refractivity contribution in [1.29, 1.82) is 0 Å². The molecule has 0 radical (unpaired) electrons. The molecule has 1 aliphatic carbocycles. The highest BCUT2D eigenvalue weighted by atomic mass is 16.4. The lowest BCUT2D eigenvalue weighted by Gasteiger charge is -2.27. The lowest BCUT2D eigenvalue weighted by molar-refractivity contribution is -0.143. The highest BCUT2D eigenvalue weighted by molar-refractivity contribution is 5.70. The molecule has 2 unspecified atom stereocenters. The van der Waals surface area contributed by atoms with Gasteiger partial charge in [-0.1, -0.05) is 39.0 Å². The lowest BCUT2D eigenvalue weighted by atomic mass is 9.86. The van der Waals surface area contributed by atoms with Crippen LogP contribution in [0, 0.1) is 5.92 Å². The van der Waals surface area contributed by atoms with E-state index in [1.807, 2.05) is 0 Å². The van der Waals surface area contributed by atoms with E-state index in [4.69, 9.17) is 5.11 Å². The average molecular weight is 241 g/mol. The monoisotopic (exact) mass is 241 g/mol. The number of aliphatic carboxylic acids is 1. The van der Waals surface area contributed by atoms with Gasteiger partial charge >= 0.3 is 5.97 Å². The van der Waals surface area contributed by atoms with Crippen LogP contribution >= 0.6 is 0 Å². The zero-order valence-electron chi connectivity index (χ0n) is 11.1. The van der Waals surface area contributed by atoms with Crippen molar-refractivity contribution in [2.75, 3.05) is 6.54 Å². The molecule has 0 aliphatic heterocycles. The van der Waals surface area contributed by atoms with Crippen LogP contribution in [0.5, 0.6) is 0 Å². The Kier molecular flexibility index (Phi) is 7.25. The van der Waals surface area contributed by atoms with E-state index in [-0.39, 0.29) is 5.92 Å². The molecule has 3 heteroatoms. The predicted octanol–water partition coefficient (Wildman–Crippen LogP) is 3.19. The van der Waals surface area contributed by atoms with Gasteiger partial charge in [-0.2, -0.15) is 0 Å². The maximum absolute atomic E-state index is 10.9. The van der Waals surface area contributed by atoms with Gasteiger partial charge in [-0.25, -0.2) is 0 Å². The van der Waals surface area contributed by atoms with Gasteiger partial charge in [0.15, 0.2) is 0 Å². The molecule has 0 heterocycles. The third kappa shape index (κ3) is 6.06. The van der Waals surface area contributed by atoms with Crippen molar-refractivity contribution < 1.29 is 9.90 Å². The predicted molar refractivity (Wildman–Crippen MR) is 70.1 cm³/mol. The van der Waals surface area contributed by atoms with Crippen molar-refractivity contribution in [2.24, 2.45) is 5.92 Å². The number of carboxylic acid groups (broad SMARTS) is 1. The van der Waals surface area contributed by atoms with Crippen LogP contribution in [0.1, 0.15) is 64.7 Å². The van der Waals surface area contributed by atoms with E-state index < -0.39 is 5.97 Å². The van der Waals surface area contributed by atoms with Gasteiger partial charge in [0.2, 0.25) is 0 Å². The molecule has 100 valence electrons. The fourth-order valence-electron chi connectivity index (χ4n) is 2.63. The number of hydrogen-bond acceptors (Lipinski definition) is 2. The Bertz CT molecular complexity index is 218. The molecule has 1 rings (SSSR count). The molecular weight excluding hydrogens is 214 g/mol. The number of nitrogens with one attached hydrogen (secondary N) is 1. The van der Waals surface area contributed by atoms with Gasteiger partial charge in [0.25, 0.3) is 0 Å². The molecule has 0 aromatic carbocycles. The van der Waals surface area contributed by atoms with Crippen LogP contribution < -0.4 is 5.32 Å². The van der Waals surface area contributed by atoms with Crippen LogP contribution in [-0.4, -0.2) is 23.7 Å². The van der Waals surface area contributed by atoms with E-state index in [1.54, 1.807) is 0 Å². The summed E-state index contributed by atoms with van der Waals surface area (Å²) < 4.78 is 0. The molecule has 17 heavy (non-hydrogen) atoms. The maximum Gasteiger partial charge on any atom is 0.306 e. The smallest absolute Gasteiger partial charge is 0.306 e. The topological polar surface area (TPSA) is 49.3 Å². The van der Waals surface area contributed by atoms with E-state index in [0.717, 1.165) is 32.2 Å². The van der Waals surface area contributed by atoms with Crippen molar-refractivity contribution in [1.82, 2.24) is 5.32 Å². The highest BCUT2D eigenvalue weighted by Gasteiger charge is 2.26. The van der Waals surface area contributed by atoms with Gasteiger partial charge in [0, 0.05) is 6.04 Å². The van der Waals surface area contributed by atoms with Gasteiger partial charge < -0.3 is 10.4 Å². The molecule has 1 saturated carbocycles. The molecule has 0 spiro atoms. The normalized spacial score (nSPS) is 24.8. The lowest BCUT2D eigenvalue weighted by Crippen LogP contribution is -2.36. The van der Waals surface area contributed by atoms with Gasteiger partial charge in [0.05, 0.1) is 5.92 Å². The van der Waals surface area contributed by atoms with E-state index in [9.17, 15) is 4.79 Å². The second-order valence-corrected chi connectivity index (χ2v) is 5.27. The fraction of sp³-hybridized carbons (Fsp3) is 0.929. The Balaban J connectivity index is 2.04. The molecule has 0 aromatic heterocycles. The van der Waals surface area contributed by atoms with Crippen molar-refractivity contribution in [3.63, 3.8) is 0 Å². The number of carboxylic acids is 1. The number of rotatable bonds is 8. The van der Waals surface area contributed by atoms with Gasteiger partial charge in [-0.05, 0) is 32.2 Å². The standard InChI is InChI=1S/C14H27NO2/c1-2-3-4-5-6-10-15-13-9-7-8-12(11-13)14(16)17/h12-13,15H,2-11H2,1H3,(H,16,17). The molecule has 3 nitrogen and oxygen atoms in total. The summed E-state index contributed by atoms with van der Waals surface area (Å²) in [7, 11) is 0. The molecule has 0 bridgehead atoms. The van der Waals surface area contributed by atoms with Crippen LogP contribution in [-0.2, 0) is 4.79 Å². The van der Waals surface area contributed by atoms with Crippen molar-refractivity contribution >= 4 is 5.97 Å². The zero-order valence-corrected chi connectivity index (χ0v) is 11.1. The second kappa shape index (κ2) is 8.51. The van der Waals surface area contributed by atoms with E-state index in [0.29, 0.717) is 6.04 Å². The number of hydrogen-bond donors (Lipinski definition) is 2. The largest absolute Gasteiger partial charge is 0.481 e. The third-order valence-corrected chi connectivity index (χ3v) is 3.74. The van der Waals surface area contributed by atoms with Crippen LogP contribution in [0.3, 0.4) is 0 Å². The summed E-state index contributed by atoms with van der Waals surface area (Å²) in [5.74, 6) is -0.721. The summed E-state index contributed by atoms with van der Waals surface area (Å²) in [6.45, 7) is 3.28. The Labute approximate surface area is 105 Å². The minimum atomic E-state index is -0.612. The van der Waals surface area contributed by atoms with Gasteiger partial charge in [0.1, 0.15) is 0 Å². The minimum Gasteiger partial charge on any atom is -0.481 e. The summed E-state index contributed by atoms with van der Waals surface area (Å²) in [5, 5.41) is 12.5. The first kappa shape index (κ1) is 14.5. The summed E-state index contributed by atoms with van der Waals surface area (Å²) in [5.41, 5.74) is 0. The maximum atomic E-state index is 10.9. The number of carbonyl (C=O) groups is 1. The Morgan fingerprint density at radius 3 is 2.71 bits per heavy atom. The minimum absolute atomic E-state index is 0.110. The van der Waals surface area contributed by atoms with Crippen molar-refractivity contribution in [2.45, 2.75) is 70.8 Å². The summed E-state index contributed by atoms with van der Waals surface area (Å²) in [6, 6.07) is 0.441. The van der Waals surface area contributed by atoms with E-state index in [1.165, 1.54) is 32.1 Å². The number of unbranched alkanes of at least 4 members (excludes halogenated alkanes) is 4. The second-order valence-electron chi connectivity index (χ2n) is 5.27. The first-order valence-electron chi connectivity index (χ1n) is 7.20. The summed E-state index contributed by atoms with van der Waals surface area (Å²) in [6.07, 6.45) is 10.4. The Morgan fingerprint density at radius 2 is 2.00 bits per heavy atom. The van der Waals surface area contributed by atoms with Crippen LogP contribution in [0.2, 0.25) is 0 Å². The molecule has 0 aromatic rings. The molecule has 1 fully saturated rings.